The summed E-state index contributed by atoms with van der Waals surface area (Å²) in [6, 6.07) is 7.65. The van der Waals surface area contributed by atoms with E-state index in [0.717, 1.165) is 34.7 Å². The number of amides is 1. The topological polar surface area (TPSA) is 90.3 Å². The SMILES string of the molecule is COc1ccc(CCNC(=O)Cc2c(C)nn(C3CCS(=O)(=O)C3)c2C)cc1. The number of hydrogen-bond acceptors (Lipinski definition) is 5. The van der Waals surface area contributed by atoms with Crippen molar-refractivity contribution >= 4 is 15.7 Å². The fourth-order valence-electron chi connectivity index (χ4n) is 3.64. The van der Waals surface area contributed by atoms with Crippen LogP contribution in [-0.4, -0.2) is 49.3 Å². The maximum atomic E-state index is 12.4. The molecule has 0 bridgehead atoms. The second-order valence-corrected chi connectivity index (χ2v) is 9.50. The first-order chi connectivity index (χ1) is 13.3. The Labute approximate surface area is 166 Å². The molecule has 2 aromatic rings. The lowest BCUT2D eigenvalue weighted by atomic mass is 10.1. The fraction of sp³-hybridized carbons (Fsp3) is 0.500. The number of nitrogens with zero attached hydrogens (tertiary/aromatic N) is 2. The lowest BCUT2D eigenvalue weighted by Gasteiger charge is -2.11. The third kappa shape index (κ3) is 4.73. The summed E-state index contributed by atoms with van der Waals surface area (Å²) in [6.45, 7) is 4.33. The van der Waals surface area contributed by atoms with Crippen molar-refractivity contribution in [3.63, 3.8) is 0 Å². The minimum atomic E-state index is -2.98. The number of ether oxygens (including phenoxy) is 1. The van der Waals surface area contributed by atoms with Crippen LogP contribution in [0.15, 0.2) is 24.3 Å². The molecule has 1 aromatic heterocycles. The Bertz CT molecular complexity index is 949. The highest BCUT2D eigenvalue weighted by Gasteiger charge is 2.31. The lowest BCUT2D eigenvalue weighted by Crippen LogP contribution is -2.27. The predicted molar refractivity (Wildman–Crippen MR) is 107 cm³/mol. The van der Waals surface area contributed by atoms with Gasteiger partial charge in [-0.2, -0.15) is 5.10 Å². The average molecular weight is 406 g/mol. The first-order valence-electron chi connectivity index (χ1n) is 9.43. The molecule has 1 aliphatic heterocycles. The number of sulfone groups is 1. The molecule has 1 unspecified atom stereocenters. The summed E-state index contributed by atoms with van der Waals surface area (Å²) in [7, 11) is -1.35. The summed E-state index contributed by atoms with van der Waals surface area (Å²) >= 11 is 0. The van der Waals surface area contributed by atoms with Crippen LogP contribution in [0.2, 0.25) is 0 Å². The van der Waals surface area contributed by atoms with Crippen molar-refractivity contribution in [3.05, 3.63) is 46.8 Å². The molecule has 1 amide bonds. The van der Waals surface area contributed by atoms with Crippen molar-refractivity contribution in [1.29, 1.82) is 0 Å². The van der Waals surface area contributed by atoms with E-state index in [-0.39, 0.29) is 29.9 Å². The Morgan fingerprint density at radius 3 is 2.61 bits per heavy atom. The molecule has 28 heavy (non-hydrogen) atoms. The monoisotopic (exact) mass is 405 g/mol. The molecule has 0 spiro atoms. The molecular formula is C20H27N3O4S. The number of carbonyl (C=O) groups is 1. The van der Waals surface area contributed by atoms with E-state index in [1.807, 2.05) is 38.1 Å². The number of aromatic nitrogens is 2. The van der Waals surface area contributed by atoms with Crippen LogP contribution in [0.5, 0.6) is 5.75 Å². The summed E-state index contributed by atoms with van der Waals surface area (Å²) in [4.78, 5) is 12.4. The molecular weight excluding hydrogens is 378 g/mol. The highest BCUT2D eigenvalue weighted by atomic mass is 32.2. The van der Waals surface area contributed by atoms with E-state index in [9.17, 15) is 13.2 Å². The van der Waals surface area contributed by atoms with Gasteiger partial charge in [-0.05, 0) is 44.4 Å². The van der Waals surface area contributed by atoms with Gasteiger partial charge in [0, 0.05) is 17.8 Å². The zero-order valence-corrected chi connectivity index (χ0v) is 17.4. The maximum absolute atomic E-state index is 12.4. The van der Waals surface area contributed by atoms with Gasteiger partial charge in [-0.15, -0.1) is 0 Å². The van der Waals surface area contributed by atoms with Crippen LogP contribution in [0.25, 0.3) is 0 Å². The van der Waals surface area contributed by atoms with E-state index in [4.69, 9.17) is 4.74 Å². The third-order valence-corrected chi connectivity index (χ3v) is 7.01. The van der Waals surface area contributed by atoms with E-state index < -0.39 is 9.84 Å². The molecule has 2 heterocycles. The van der Waals surface area contributed by atoms with Crippen LogP contribution in [-0.2, 0) is 27.5 Å². The first-order valence-corrected chi connectivity index (χ1v) is 11.3. The molecule has 1 aromatic carbocycles. The molecule has 1 saturated heterocycles. The minimum absolute atomic E-state index is 0.0571. The van der Waals surface area contributed by atoms with Crippen LogP contribution in [0.4, 0.5) is 0 Å². The van der Waals surface area contributed by atoms with E-state index >= 15 is 0 Å². The molecule has 0 saturated carbocycles. The van der Waals surface area contributed by atoms with Gasteiger partial charge >= 0.3 is 0 Å². The summed E-state index contributed by atoms with van der Waals surface area (Å²) in [5.41, 5.74) is 3.67. The van der Waals surface area contributed by atoms with Crippen molar-refractivity contribution in [3.8, 4) is 5.75 Å². The Morgan fingerprint density at radius 1 is 1.29 bits per heavy atom. The Balaban J connectivity index is 1.56. The molecule has 3 rings (SSSR count). The summed E-state index contributed by atoms with van der Waals surface area (Å²) < 4.78 is 30.4. The van der Waals surface area contributed by atoms with E-state index in [0.29, 0.717) is 13.0 Å². The third-order valence-electron chi connectivity index (χ3n) is 5.26. The van der Waals surface area contributed by atoms with Crippen molar-refractivity contribution in [2.24, 2.45) is 0 Å². The van der Waals surface area contributed by atoms with Crippen LogP contribution < -0.4 is 10.1 Å². The smallest absolute Gasteiger partial charge is 0.224 e. The normalized spacial score (nSPS) is 18.2. The van der Waals surface area contributed by atoms with Gasteiger partial charge in [0.25, 0.3) is 0 Å². The molecule has 8 heteroatoms. The molecule has 1 fully saturated rings. The zero-order valence-electron chi connectivity index (χ0n) is 16.6. The van der Waals surface area contributed by atoms with Crippen molar-refractivity contribution in [1.82, 2.24) is 15.1 Å². The largest absolute Gasteiger partial charge is 0.497 e. The Morgan fingerprint density at radius 2 is 2.00 bits per heavy atom. The number of rotatable bonds is 7. The number of benzene rings is 1. The molecule has 0 aliphatic carbocycles. The van der Waals surface area contributed by atoms with Crippen molar-refractivity contribution < 1.29 is 17.9 Å². The summed E-state index contributed by atoms with van der Waals surface area (Å²) in [6.07, 6.45) is 1.57. The maximum Gasteiger partial charge on any atom is 0.224 e. The number of carbonyl (C=O) groups excluding carboxylic acids is 1. The van der Waals surface area contributed by atoms with Gasteiger partial charge in [-0.3, -0.25) is 9.48 Å². The van der Waals surface area contributed by atoms with Crippen molar-refractivity contribution in [2.75, 3.05) is 25.2 Å². The van der Waals surface area contributed by atoms with Gasteiger partial charge in [-0.1, -0.05) is 12.1 Å². The highest BCUT2D eigenvalue weighted by molar-refractivity contribution is 7.91. The van der Waals surface area contributed by atoms with E-state index in [1.165, 1.54) is 0 Å². The molecule has 1 atom stereocenters. The Kier molecular flexibility index (Phi) is 6.07. The van der Waals surface area contributed by atoms with Crippen LogP contribution in [0.1, 0.15) is 35.0 Å². The second-order valence-electron chi connectivity index (χ2n) is 7.28. The van der Waals surface area contributed by atoms with E-state index in [1.54, 1.807) is 11.8 Å². The number of aryl methyl sites for hydroxylation is 1. The van der Waals surface area contributed by atoms with Gasteiger partial charge in [0.05, 0.1) is 36.8 Å². The molecule has 1 aliphatic rings. The molecule has 7 nitrogen and oxygen atoms in total. The highest BCUT2D eigenvalue weighted by Crippen LogP contribution is 2.27. The van der Waals surface area contributed by atoms with E-state index in [2.05, 4.69) is 10.4 Å². The quantitative estimate of drug-likeness (QED) is 0.758. The summed E-state index contributed by atoms with van der Waals surface area (Å²) in [5.74, 6) is 1.09. The van der Waals surface area contributed by atoms with Gasteiger partial charge in [-0.25, -0.2) is 8.42 Å². The van der Waals surface area contributed by atoms with Gasteiger partial charge < -0.3 is 10.1 Å². The first kappa shape index (κ1) is 20.4. The zero-order chi connectivity index (χ0) is 20.3. The Hall–Kier alpha value is -2.35. The number of nitrogens with one attached hydrogen (secondary N) is 1. The van der Waals surface area contributed by atoms with Gasteiger partial charge in [0.15, 0.2) is 9.84 Å². The number of methoxy groups -OCH3 is 1. The minimum Gasteiger partial charge on any atom is -0.497 e. The van der Waals surface area contributed by atoms with Gasteiger partial charge in [0.2, 0.25) is 5.91 Å². The molecule has 0 radical (unpaired) electrons. The lowest BCUT2D eigenvalue weighted by molar-refractivity contribution is -0.120. The van der Waals surface area contributed by atoms with Crippen LogP contribution in [0.3, 0.4) is 0 Å². The van der Waals surface area contributed by atoms with Crippen LogP contribution >= 0.6 is 0 Å². The second kappa shape index (κ2) is 8.34. The predicted octanol–water partition coefficient (Wildman–Crippen LogP) is 1.77. The summed E-state index contributed by atoms with van der Waals surface area (Å²) in [5, 5.41) is 7.47. The number of hydrogen-bond donors (Lipinski definition) is 1. The van der Waals surface area contributed by atoms with Gasteiger partial charge in [0.1, 0.15) is 5.75 Å². The fourth-order valence-corrected chi connectivity index (χ4v) is 5.33. The standard InChI is InChI=1S/C20H27N3O4S/c1-14-19(15(2)23(22-14)17-9-11-28(25,26)13-17)12-20(24)21-10-8-16-4-6-18(27-3)7-5-16/h4-7,17H,8-13H2,1-3H3,(H,21,24). The average Bonchev–Trinajstić information content (AvgIpc) is 3.15. The molecule has 152 valence electrons. The molecule has 1 N–H and O–H groups in total. The van der Waals surface area contributed by atoms with Crippen molar-refractivity contribution in [2.45, 2.75) is 39.2 Å². The van der Waals surface area contributed by atoms with Crippen LogP contribution in [0, 0.1) is 13.8 Å².